The summed E-state index contributed by atoms with van der Waals surface area (Å²) in [6, 6.07) is 3.90. The van der Waals surface area contributed by atoms with Crippen molar-refractivity contribution >= 4 is 28.9 Å². The van der Waals surface area contributed by atoms with Crippen LogP contribution in [0.5, 0.6) is 11.5 Å². The third-order valence-electron chi connectivity index (χ3n) is 3.64. The SMILES string of the molecule is CCCOCC(COc1c(C)cc(OCC=C(Cl)Cl)cc1CC)=NOC(C)(C)C. The van der Waals surface area contributed by atoms with E-state index in [1.54, 1.807) is 6.08 Å². The molecule has 0 bridgehead atoms. The Bertz CT molecular complexity index is 693. The van der Waals surface area contributed by atoms with Crippen LogP contribution < -0.4 is 9.47 Å². The molecule has 0 saturated carbocycles. The Morgan fingerprint density at radius 3 is 2.41 bits per heavy atom. The standard InChI is InChI=1S/C22H33Cl2NO4/c1-7-10-26-14-18(25-29-22(4,5)6)15-28-21-16(3)12-19(13-17(21)8-2)27-11-9-20(23)24/h9,12-13H,7-8,10-11,14-15H2,1-6H3. The van der Waals surface area contributed by atoms with Crippen LogP contribution >= 0.6 is 23.2 Å². The van der Waals surface area contributed by atoms with Crippen LogP contribution in [0.25, 0.3) is 0 Å². The summed E-state index contributed by atoms with van der Waals surface area (Å²) in [5.74, 6) is 1.57. The minimum absolute atomic E-state index is 0.187. The van der Waals surface area contributed by atoms with Gasteiger partial charge in [-0.1, -0.05) is 42.2 Å². The Morgan fingerprint density at radius 2 is 1.83 bits per heavy atom. The zero-order chi connectivity index (χ0) is 21.9. The summed E-state index contributed by atoms with van der Waals surface area (Å²) in [4.78, 5) is 5.56. The summed E-state index contributed by atoms with van der Waals surface area (Å²) < 4.78 is 17.6. The minimum atomic E-state index is -0.375. The molecule has 5 nitrogen and oxygen atoms in total. The third kappa shape index (κ3) is 10.8. The van der Waals surface area contributed by atoms with Gasteiger partial charge in [0.25, 0.3) is 0 Å². The number of aryl methyl sites for hydroxylation is 2. The highest BCUT2D eigenvalue weighted by Crippen LogP contribution is 2.30. The maximum Gasteiger partial charge on any atom is 0.132 e. The zero-order valence-electron chi connectivity index (χ0n) is 18.3. The summed E-state index contributed by atoms with van der Waals surface area (Å²) in [6.45, 7) is 13.6. The van der Waals surface area contributed by atoms with Crippen molar-refractivity contribution in [3.05, 3.63) is 33.8 Å². The molecule has 0 spiro atoms. The molecular formula is C22H33Cl2NO4. The van der Waals surface area contributed by atoms with Crippen LogP contribution in [-0.4, -0.2) is 37.7 Å². The Balaban J connectivity index is 2.90. The molecule has 164 valence electrons. The Kier molecular flexibility index (Phi) is 11.5. The van der Waals surface area contributed by atoms with Crippen molar-refractivity contribution in [2.24, 2.45) is 5.16 Å². The van der Waals surface area contributed by atoms with E-state index in [0.29, 0.717) is 32.1 Å². The molecule has 0 unspecified atom stereocenters. The van der Waals surface area contributed by atoms with Crippen molar-refractivity contribution in [1.82, 2.24) is 0 Å². The van der Waals surface area contributed by atoms with Gasteiger partial charge < -0.3 is 19.0 Å². The molecule has 0 amide bonds. The molecule has 0 aromatic heterocycles. The number of benzene rings is 1. The number of nitrogens with zero attached hydrogens (tertiary/aromatic N) is 1. The minimum Gasteiger partial charge on any atom is -0.489 e. The van der Waals surface area contributed by atoms with Gasteiger partial charge in [0.1, 0.15) is 40.5 Å². The number of hydrogen-bond acceptors (Lipinski definition) is 5. The van der Waals surface area contributed by atoms with Crippen LogP contribution in [0.15, 0.2) is 27.9 Å². The van der Waals surface area contributed by atoms with E-state index in [2.05, 4.69) is 19.0 Å². The van der Waals surface area contributed by atoms with Crippen molar-refractivity contribution in [2.75, 3.05) is 26.4 Å². The Hall–Kier alpha value is -1.43. The maximum absolute atomic E-state index is 6.11. The van der Waals surface area contributed by atoms with Gasteiger partial charge in [-0.25, -0.2) is 0 Å². The normalized spacial score (nSPS) is 11.9. The van der Waals surface area contributed by atoms with Gasteiger partial charge in [0.05, 0.1) is 6.61 Å². The molecule has 0 fully saturated rings. The molecular weight excluding hydrogens is 413 g/mol. The topological polar surface area (TPSA) is 49.3 Å². The van der Waals surface area contributed by atoms with E-state index in [1.165, 1.54) is 0 Å². The summed E-state index contributed by atoms with van der Waals surface area (Å²) >= 11 is 11.2. The molecule has 0 N–H and O–H groups in total. The van der Waals surface area contributed by atoms with E-state index in [1.807, 2.05) is 39.8 Å². The average molecular weight is 446 g/mol. The Morgan fingerprint density at radius 1 is 1.10 bits per heavy atom. The quantitative estimate of drug-likeness (QED) is 0.217. The number of ether oxygens (including phenoxy) is 3. The molecule has 1 rings (SSSR count). The van der Waals surface area contributed by atoms with Gasteiger partial charge in [-0.15, -0.1) is 0 Å². The van der Waals surface area contributed by atoms with Crippen molar-refractivity contribution in [3.63, 3.8) is 0 Å². The van der Waals surface area contributed by atoms with E-state index in [9.17, 15) is 0 Å². The number of hydrogen-bond donors (Lipinski definition) is 0. The number of oxime groups is 1. The first-order chi connectivity index (χ1) is 13.7. The van der Waals surface area contributed by atoms with Gasteiger partial charge in [-0.05, 0) is 69.9 Å². The number of halogens is 2. The zero-order valence-corrected chi connectivity index (χ0v) is 19.8. The lowest BCUT2D eigenvalue weighted by Gasteiger charge is -2.19. The third-order valence-corrected chi connectivity index (χ3v) is 3.95. The molecule has 0 atom stereocenters. The molecule has 0 aliphatic rings. The summed E-state index contributed by atoms with van der Waals surface area (Å²) in [5.41, 5.74) is 2.36. The first-order valence-corrected chi connectivity index (χ1v) is 10.6. The lowest BCUT2D eigenvalue weighted by molar-refractivity contribution is -0.00141. The lowest BCUT2D eigenvalue weighted by Crippen LogP contribution is -2.23. The van der Waals surface area contributed by atoms with Gasteiger partial charge in [0.15, 0.2) is 0 Å². The summed E-state index contributed by atoms with van der Waals surface area (Å²) in [5, 5.41) is 4.25. The molecule has 0 heterocycles. The van der Waals surface area contributed by atoms with Gasteiger partial charge in [-0.3, -0.25) is 0 Å². The molecule has 0 saturated heterocycles. The van der Waals surface area contributed by atoms with Crippen LogP contribution in [0.1, 0.15) is 52.2 Å². The van der Waals surface area contributed by atoms with Crippen LogP contribution in [0.2, 0.25) is 0 Å². The van der Waals surface area contributed by atoms with E-state index in [0.717, 1.165) is 35.5 Å². The molecule has 1 aromatic rings. The lowest BCUT2D eigenvalue weighted by atomic mass is 10.1. The van der Waals surface area contributed by atoms with E-state index in [4.69, 9.17) is 42.3 Å². The monoisotopic (exact) mass is 445 g/mol. The van der Waals surface area contributed by atoms with Crippen LogP contribution in [0.3, 0.4) is 0 Å². The fraction of sp³-hybridized carbons (Fsp3) is 0.591. The van der Waals surface area contributed by atoms with Crippen molar-refractivity contribution in [2.45, 2.75) is 60.0 Å². The molecule has 0 radical (unpaired) electrons. The van der Waals surface area contributed by atoms with E-state index in [-0.39, 0.29) is 10.1 Å². The van der Waals surface area contributed by atoms with Crippen molar-refractivity contribution in [3.8, 4) is 11.5 Å². The van der Waals surface area contributed by atoms with Crippen LogP contribution in [0.4, 0.5) is 0 Å². The smallest absolute Gasteiger partial charge is 0.132 e. The second kappa shape index (κ2) is 13.0. The van der Waals surface area contributed by atoms with Gasteiger partial charge >= 0.3 is 0 Å². The van der Waals surface area contributed by atoms with E-state index >= 15 is 0 Å². The van der Waals surface area contributed by atoms with Crippen molar-refractivity contribution in [1.29, 1.82) is 0 Å². The first-order valence-electron chi connectivity index (χ1n) is 9.88. The van der Waals surface area contributed by atoms with Crippen molar-refractivity contribution < 1.29 is 19.0 Å². The fourth-order valence-electron chi connectivity index (χ4n) is 2.35. The van der Waals surface area contributed by atoms with Gasteiger partial charge in [0.2, 0.25) is 0 Å². The molecule has 1 aromatic carbocycles. The predicted molar refractivity (Wildman–Crippen MR) is 121 cm³/mol. The molecule has 29 heavy (non-hydrogen) atoms. The average Bonchev–Trinajstić information content (AvgIpc) is 2.63. The van der Waals surface area contributed by atoms with Crippen LogP contribution in [-0.2, 0) is 16.0 Å². The highest BCUT2D eigenvalue weighted by Gasteiger charge is 2.14. The summed E-state index contributed by atoms with van der Waals surface area (Å²) in [7, 11) is 0. The van der Waals surface area contributed by atoms with Crippen LogP contribution in [0, 0.1) is 6.92 Å². The fourth-order valence-corrected chi connectivity index (χ4v) is 2.48. The molecule has 0 aliphatic carbocycles. The largest absolute Gasteiger partial charge is 0.489 e. The van der Waals surface area contributed by atoms with Gasteiger partial charge in [0, 0.05) is 6.61 Å². The second-order valence-corrected chi connectivity index (χ2v) is 8.60. The Labute approximate surface area is 184 Å². The van der Waals surface area contributed by atoms with E-state index < -0.39 is 0 Å². The first kappa shape index (κ1) is 25.6. The van der Waals surface area contributed by atoms with Gasteiger partial charge in [-0.2, -0.15) is 0 Å². The number of rotatable bonds is 12. The predicted octanol–water partition coefficient (Wildman–Crippen LogP) is 6.23. The molecule has 0 aliphatic heterocycles. The maximum atomic E-state index is 6.11. The molecule has 7 heteroatoms. The summed E-state index contributed by atoms with van der Waals surface area (Å²) in [6.07, 6.45) is 3.35. The highest BCUT2D eigenvalue weighted by molar-refractivity contribution is 6.55. The highest BCUT2D eigenvalue weighted by atomic mass is 35.5. The second-order valence-electron chi connectivity index (χ2n) is 7.59.